The van der Waals surface area contributed by atoms with Gasteiger partial charge in [-0.15, -0.1) is 0 Å². The molecule has 14 nitrogen and oxygen atoms in total. The quantitative estimate of drug-likeness (QED) is 0.177. The van der Waals surface area contributed by atoms with Crippen molar-refractivity contribution in [1.82, 2.24) is 0 Å². The van der Waals surface area contributed by atoms with E-state index in [4.69, 9.17) is 33.2 Å². The highest BCUT2D eigenvalue weighted by molar-refractivity contribution is 5.96. The fourth-order valence-corrected chi connectivity index (χ4v) is 4.72. The van der Waals surface area contributed by atoms with Gasteiger partial charge >= 0.3 is 30.0 Å². The number of ether oxygens (including phenoxy) is 7. The molecule has 0 spiro atoms. The molecule has 1 aromatic rings. The van der Waals surface area contributed by atoms with Gasteiger partial charge in [0.15, 0.2) is 36.4 Å². The molecular formula is C30H39NO13. The number of rotatable bonds is 9. The zero-order valence-electron chi connectivity index (χ0n) is 25.1. The molecule has 0 saturated carbocycles. The summed E-state index contributed by atoms with van der Waals surface area (Å²) in [5, 5.41) is 12.7. The molecule has 0 aliphatic carbocycles. The Hall–Kier alpha value is -4.01. The largest absolute Gasteiger partial charge is 0.465 e. The van der Waals surface area contributed by atoms with Gasteiger partial charge < -0.3 is 38.3 Å². The molecule has 2 N–H and O–H groups in total. The van der Waals surface area contributed by atoms with Gasteiger partial charge in [-0.25, -0.2) is 4.79 Å². The van der Waals surface area contributed by atoms with Gasteiger partial charge in [-0.2, -0.15) is 0 Å². The second-order valence-corrected chi connectivity index (χ2v) is 9.87. The van der Waals surface area contributed by atoms with Crippen LogP contribution in [0, 0.1) is 11.8 Å². The van der Waals surface area contributed by atoms with E-state index in [0.29, 0.717) is 12.1 Å². The number of aliphatic hydroxyl groups excluding tert-OH is 1. The van der Waals surface area contributed by atoms with Crippen LogP contribution in [0.15, 0.2) is 36.4 Å². The Morgan fingerprint density at radius 1 is 0.932 bits per heavy atom. The van der Waals surface area contributed by atoms with Crippen LogP contribution in [-0.2, 0) is 58.8 Å². The number of methoxy groups -OCH3 is 1. The van der Waals surface area contributed by atoms with Crippen LogP contribution < -0.4 is 5.32 Å². The van der Waals surface area contributed by atoms with E-state index in [1.54, 1.807) is 32.0 Å². The first-order chi connectivity index (χ1) is 21.2. The topological polar surface area (TPSA) is 182 Å². The first kappa shape index (κ1) is 34.5. The van der Waals surface area contributed by atoms with Crippen LogP contribution in [0.25, 0.3) is 0 Å². The number of hydrogen-bond donors (Lipinski definition) is 2. The minimum absolute atomic E-state index is 0.00486. The van der Waals surface area contributed by atoms with Crippen LogP contribution in [0.2, 0.25) is 0 Å². The fourth-order valence-electron chi connectivity index (χ4n) is 4.72. The highest BCUT2D eigenvalue weighted by Gasteiger charge is 2.54. The third-order valence-corrected chi connectivity index (χ3v) is 6.95. The molecule has 7 atom stereocenters. The van der Waals surface area contributed by atoms with E-state index in [9.17, 15) is 29.1 Å². The van der Waals surface area contributed by atoms with E-state index in [2.05, 4.69) is 5.32 Å². The van der Waals surface area contributed by atoms with E-state index < -0.39 is 79.1 Å². The number of fused-ring (bicyclic) bond motifs is 1. The summed E-state index contributed by atoms with van der Waals surface area (Å²) in [6, 6.07) is 6.98. The maximum Gasteiger partial charge on any atom is 0.412 e. The van der Waals surface area contributed by atoms with Crippen LogP contribution in [0.4, 0.5) is 10.5 Å². The number of nitrogens with one attached hydrogen (secondary N) is 1. The van der Waals surface area contributed by atoms with Gasteiger partial charge in [0.2, 0.25) is 0 Å². The normalized spacial score (nSPS) is 28.1. The number of carbonyl (C=O) groups is 5. The number of esters is 4. The van der Waals surface area contributed by atoms with E-state index >= 15 is 0 Å². The third-order valence-electron chi connectivity index (χ3n) is 6.95. The van der Waals surface area contributed by atoms with E-state index in [-0.39, 0.29) is 26.1 Å². The van der Waals surface area contributed by atoms with Gasteiger partial charge in [0, 0.05) is 12.8 Å². The lowest BCUT2D eigenvalue weighted by Crippen LogP contribution is -2.63. The van der Waals surface area contributed by atoms with Gasteiger partial charge in [0.1, 0.15) is 6.10 Å². The van der Waals surface area contributed by atoms with Crippen molar-refractivity contribution in [2.75, 3.05) is 32.2 Å². The lowest BCUT2D eigenvalue weighted by atomic mass is 9.96. The minimum atomic E-state index is -1.65. The molecule has 1 aromatic carbocycles. The second kappa shape index (κ2) is 16.7. The molecule has 2 aliphatic heterocycles. The highest BCUT2D eigenvalue weighted by Crippen LogP contribution is 2.31. The Morgan fingerprint density at radius 2 is 1.52 bits per heavy atom. The predicted molar refractivity (Wildman–Crippen MR) is 151 cm³/mol. The fraction of sp³-hybridized carbons (Fsp3) is 0.567. The second-order valence-electron chi connectivity index (χ2n) is 9.87. The van der Waals surface area contributed by atoms with Crippen molar-refractivity contribution >= 4 is 35.7 Å². The molecule has 3 rings (SSSR count). The van der Waals surface area contributed by atoms with E-state index in [1.165, 1.54) is 19.3 Å². The molecule has 1 amide bonds. The maximum absolute atomic E-state index is 13.5. The van der Waals surface area contributed by atoms with Gasteiger partial charge in [-0.05, 0) is 50.8 Å². The number of benzene rings is 1. The SMILES string of the molecule is CCOC(=O)[C@H]1C/C=C/C[C@H](C(=O)OCC)C(=O)O[C@H]2[C@@H](OC)O[C@H](CO)[C@@H](OC(=O)Nc3cccc(CC)c3)[C@@H]2OC1=O. The first-order valence-electron chi connectivity index (χ1n) is 14.4. The molecule has 2 heterocycles. The summed E-state index contributed by atoms with van der Waals surface area (Å²) >= 11 is 0. The molecule has 0 bridgehead atoms. The van der Waals surface area contributed by atoms with Gasteiger partial charge in [-0.3, -0.25) is 24.5 Å². The smallest absolute Gasteiger partial charge is 0.412 e. The summed E-state index contributed by atoms with van der Waals surface area (Å²) in [4.78, 5) is 65.3. The summed E-state index contributed by atoms with van der Waals surface area (Å²) < 4.78 is 38.2. The maximum atomic E-state index is 13.5. The Labute approximate surface area is 254 Å². The number of allylic oxidation sites excluding steroid dienone is 2. The number of aliphatic hydroxyl groups is 1. The average molecular weight is 622 g/mol. The van der Waals surface area contributed by atoms with Crippen molar-refractivity contribution in [3.05, 3.63) is 42.0 Å². The summed E-state index contributed by atoms with van der Waals surface area (Å²) in [5.74, 6) is -6.74. The average Bonchev–Trinajstić information content (AvgIpc) is 3.00. The Balaban J connectivity index is 2.03. The number of hydrogen-bond acceptors (Lipinski definition) is 13. The lowest BCUT2D eigenvalue weighted by molar-refractivity contribution is -0.300. The number of aryl methyl sites for hydroxylation is 1. The highest BCUT2D eigenvalue weighted by atomic mass is 16.7. The number of carbonyl (C=O) groups excluding carboxylic acids is 5. The molecule has 0 radical (unpaired) electrons. The van der Waals surface area contributed by atoms with Crippen molar-refractivity contribution in [2.24, 2.45) is 11.8 Å². The Morgan fingerprint density at radius 3 is 2.05 bits per heavy atom. The molecule has 1 fully saturated rings. The molecule has 2 aliphatic rings. The molecule has 14 heteroatoms. The molecular weight excluding hydrogens is 582 g/mol. The Bertz CT molecular complexity index is 1200. The lowest BCUT2D eigenvalue weighted by Gasteiger charge is -2.44. The molecule has 1 saturated heterocycles. The zero-order valence-corrected chi connectivity index (χ0v) is 25.1. The summed E-state index contributed by atoms with van der Waals surface area (Å²) in [6.07, 6.45) is -5.36. The molecule has 242 valence electrons. The predicted octanol–water partition coefficient (Wildman–Crippen LogP) is 2.06. The van der Waals surface area contributed by atoms with Crippen LogP contribution in [0.3, 0.4) is 0 Å². The summed E-state index contributed by atoms with van der Waals surface area (Å²) in [5.41, 5.74) is 1.35. The first-order valence-corrected chi connectivity index (χ1v) is 14.4. The summed E-state index contributed by atoms with van der Waals surface area (Å²) in [6.45, 7) is 4.34. The van der Waals surface area contributed by atoms with Crippen molar-refractivity contribution in [1.29, 1.82) is 0 Å². The van der Waals surface area contributed by atoms with Crippen LogP contribution in [-0.4, -0.2) is 92.7 Å². The van der Waals surface area contributed by atoms with E-state index in [1.807, 2.05) is 13.0 Å². The zero-order chi connectivity index (χ0) is 32.2. The molecule has 0 unspecified atom stereocenters. The third kappa shape index (κ3) is 8.77. The van der Waals surface area contributed by atoms with Gasteiger partial charge in [0.05, 0.1) is 19.8 Å². The standard InChI is InChI=1S/C30H39NO13/c1-5-17-11-10-12-18(15-17)31-30(37)44-22-21(16-32)41-29(38-4)24-23(22)42-27(35)19(25(33)39-6-2)13-8-9-14-20(28(36)43-24)26(34)40-7-3/h8-12,15,19-24,29,32H,5-7,13-14,16H2,1-4H3,(H,31,37)/b9-8+/t19-,20-,21-,22-,23+,24-,29+/m1/s1. The molecule has 0 aromatic heterocycles. The van der Waals surface area contributed by atoms with Gasteiger partial charge in [-0.1, -0.05) is 31.2 Å². The van der Waals surface area contributed by atoms with E-state index in [0.717, 1.165) is 5.56 Å². The number of amides is 1. The van der Waals surface area contributed by atoms with Crippen molar-refractivity contribution in [3.63, 3.8) is 0 Å². The minimum Gasteiger partial charge on any atom is -0.465 e. The van der Waals surface area contributed by atoms with Crippen LogP contribution in [0.5, 0.6) is 0 Å². The van der Waals surface area contributed by atoms with Gasteiger partial charge in [0.25, 0.3) is 0 Å². The Kier molecular flexibility index (Phi) is 13.1. The van der Waals surface area contributed by atoms with Crippen molar-refractivity contribution in [2.45, 2.75) is 70.7 Å². The summed E-state index contributed by atoms with van der Waals surface area (Å²) in [7, 11) is 1.21. The van der Waals surface area contributed by atoms with Crippen LogP contribution >= 0.6 is 0 Å². The molecule has 44 heavy (non-hydrogen) atoms. The van der Waals surface area contributed by atoms with Crippen molar-refractivity contribution in [3.8, 4) is 0 Å². The van der Waals surface area contributed by atoms with Crippen molar-refractivity contribution < 1.29 is 62.2 Å². The monoisotopic (exact) mass is 621 g/mol. The number of anilines is 1. The van der Waals surface area contributed by atoms with Crippen LogP contribution in [0.1, 0.15) is 39.2 Å².